The minimum absolute atomic E-state index is 0.462. The first-order chi connectivity index (χ1) is 12.7. The van der Waals surface area contributed by atoms with Gasteiger partial charge in [-0.05, 0) is 42.5 Å². The maximum atomic E-state index is 5.48. The van der Waals surface area contributed by atoms with Gasteiger partial charge in [0.2, 0.25) is 5.82 Å². The summed E-state index contributed by atoms with van der Waals surface area (Å²) >= 11 is 0. The average molecular weight is 344 g/mol. The maximum absolute atomic E-state index is 5.48. The third kappa shape index (κ3) is 3.02. The lowest BCUT2D eigenvalue weighted by molar-refractivity contribution is 0.416. The first-order valence-electron chi connectivity index (χ1n) is 8.06. The van der Waals surface area contributed by atoms with Crippen molar-refractivity contribution in [2.24, 2.45) is 0 Å². The van der Waals surface area contributed by atoms with Crippen LogP contribution in [0, 0.1) is 6.92 Å². The Morgan fingerprint density at radius 3 is 2.77 bits per heavy atom. The van der Waals surface area contributed by atoms with Gasteiger partial charge in [0, 0.05) is 23.5 Å². The predicted octanol–water partition coefficient (Wildman–Crippen LogP) is 3.10. The molecule has 0 saturated heterocycles. The van der Waals surface area contributed by atoms with Crippen molar-refractivity contribution >= 4 is 0 Å². The van der Waals surface area contributed by atoms with E-state index in [0.717, 1.165) is 22.4 Å². The molecule has 4 rings (SSSR count). The fraction of sp³-hybridized carbons (Fsp3) is 0.105. The summed E-state index contributed by atoms with van der Waals surface area (Å²) in [5.74, 6) is 1.25. The Morgan fingerprint density at radius 1 is 1.04 bits per heavy atom. The van der Waals surface area contributed by atoms with Gasteiger partial charge in [-0.1, -0.05) is 17.7 Å². The normalized spacial score (nSPS) is 10.7. The highest BCUT2D eigenvalue weighted by Crippen LogP contribution is 2.31. The number of ether oxygens (including phenoxy) is 1. The van der Waals surface area contributed by atoms with Crippen LogP contribution in [0.2, 0.25) is 0 Å². The summed E-state index contributed by atoms with van der Waals surface area (Å²) in [5.41, 5.74) is 4.40. The summed E-state index contributed by atoms with van der Waals surface area (Å²) in [6.07, 6.45) is 5.18. The topological polar surface area (TPSA) is 78.6 Å². The molecule has 0 fully saturated rings. The van der Waals surface area contributed by atoms with Crippen LogP contribution in [0.25, 0.3) is 28.3 Å². The van der Waals surface area contributed by atoms with Crippen molar-refractivity contribution in [3.63, 3.8) is 0 Å². The van der Waals surface area contributed by atoms with E-state index < -0.39 is 0 Å². The minimum atomic E-state index is 0.462. The number of rotatable bonds is 4. The molecular formula is C19H16N6O. The van der Waals surface area contributed by atoms with E-state index >= 15 is 0 Å². The van der Waals surface area contributed by atoms with Crippen LogP contribution < -0.4 is 4.74 Å². The summed E-state index contributed by atoms with van der Waals surface area (Å²) in [6.45, 7) is 2.04. The predicted molar refractivity (Wildman–Crippen MR) is 96.9 cm³/mol. The third-order valence-corrected chi connectivity index (χ3v) is 3.93. The first-order valence-corrected chi connectivity index (χ1v) is 8.06. The van der Waals surface area contributed by atoms with Crippen LogP contribution in [0.5, 0.6) is 5.75 Å². The highest BCUT2D eigenvalue weighted by molar-refractivity contribution is 5.71. The zero-order valence-corrected chi connectivity index (χ0v) is 14.4. The van der Waals surface area contributed by atoms with Gasteiger partial charge in [-0.2, -0.15) is 0 Å². The molecule has 0 spiro atoms. The fourth-order valence-corrected chi connectivity index (χ4v) is 2.65. The van der Waals surface area contributed by atoms with Gasteiger partial charge in [0.15, 0.2) is 0 Å². The molecule has 3 heterocycles. The van der Waals surface area contributed by atoms with E-state index in [1.807, 2.05) is 43.3 Å². The van der Waals surface area contributed by atoms with E-state index in [2.05, 4.69) is 31.4 Å². The zero-order chi connectivity index (χ0) is 17.9. The van der Waals surface area contributed by atoms with Crippen molar-refractivity contribution < 1.29 is 4.74 Å². The molecule has 0 radical (unpaired) electrons. The molecule has 0 aliphatic heterocycles. The first kappa shape index (κ1) is 15.9. The monoisotopic (exact) mass is 344 g/mol. The van der Waals surface area contributed by atoms with Crippen LogP contribution >= 0.6 is 0 Å². The summed E-state index contributed by atoms with van der Waals surface area (Å²) in [6, 6.07) is 13.5. The molecule has 0 atom stereocenters. The number of benzene rings is 1. The zero-order valence-electron chi connectivity index (χ0n) is 14.4. The lowest BCUT2D eigenvalue weighted by Gasteiger charge is -2.10. The highest BCUT2D eigenvalue weighted by atomic mass is 16.5. The molecule has 1 aromatic carbocycles. The smallest absolute Gasteiger partial charge is 0.223 e. The molecule has 0 saturated carbocycles. The molecule has 128 valence electrons. The number of hydrogen-bond acceptors (Lipinski definition) is 6. The lowest BCUT2D eigenvalue weighted by Crippen LogP contribution is -2.00. The number of hydrogen-bond donors (Lipinski definition) is 0. The quantitative estimate of drug-likeness (QED) is 0.566. The van der Waals surface area contributed by atoms with Crippen molar-refractivity contribution in [3.05, 3.63) is 66.6 Å². The Morgan fingerprint density at radius 2 is 1.96 bits per heavy atom. The van der Waals surface area contributed by atoms with Crippen LogP contribution in [-0.2, 0) is 0 Å². The molecule has 0 aliphatic carbocycles. The Balaban J connectivity index is 1.73. The van der Waals surface area contributed by atoms with Crippen molar-refractivity contribution in [3.8, 4) is 34.1 Å². The molecule has 7 heteroatoms. The van der Waals surface area contributed by atoms with Crippen molar-refractivity contribution in [1.82, 2.24) is 30.2 Å². The van der Waals surface area contributed by atoms with E-state index in [-0.39, 0.29) is 0 Å². The molecule has 0 bridgehead atoms. The van der Waals surface area contributed by atoms with Gasteiger partial charge in [-0.3, -0.25) is 9.97 Å². The van der Waals surface area contributed by atoms with Gasteiger partial charge in [0.05, 0.1) is 13.3 Å². The molecular weight excluding hydrogens is 328 g/mol. The molecule has 7 nitrogen and oxygen atoms in total. The highest BCUT2D eigenvalue weighted by Gasteiger charge is 2.11. The van der Waals surface area contributed by atoms with Gasteiger partial charge >= 0.3 is 0 Å². The second-order valence-corrected chi connectivity index (χ2v) is 5.75. The molecule has 0 amide bonds. The van der Waals surface area contributed by atoms with Crippen molar-refractivity contribution in [2.45, 2.75) is 6.92 Å². The summed E-state index contributed by atoms with van der Waals surface area (Å²) in [5, 5.41) is 12.6. The van der Waals surface area contributed by atoms with Gasteiger partial charge in [-0.15, -0.1) is 15.0 Å². The van der Waals surface area contributed by atoms with Crippen LogP contribution in [0.4, 0.5) is 0 Å². The second-order valence-electron chi connectivity index (χ2n) is 5.75. The van der Waals surface area contributed by atoms with Gasteiger partial charge in [0.1, 0.15) is 17.1 Å². The molecule has 4 aromatic rings. The van der Waals surface area contributed by atoms with E-state index in [1.165, 1.54) is 4.80 Å². The van der Waals surface area contributed by atoms with Crippen LogP contribution in [0.1, 0.15) is 5.56 Å². The Labute approximate surface area is 150 Å². The van der Waals surface area contributed by atoms with Crippen molar-refractivity contribution in [1.29, 1.82) is 0 Å². The van der Waals surface area contributed by atoms with E-state index in [0.29, 0.717) is 17.2 Å². The molecule has 0 aliphatic rings. The second kappa shape index (κ2) is 6.72. The average Bonchev–Trinajstić information content (AvgIpc) is 3.19. The van der Waals surface area contributed by atoms with Crippen LogP contribution in [-0.4, -0.2) is 37.3 Å². The Bertz CT molecular complexity index is 1040. The number of aryl methyl sites for hydroxylation is 1. The van der Waals surface area contributed by atoms with E-state index in [9.17, 15) is 0 Å². The summed E-state index contributed by atoms with van der Waals surface area (Å²) in [4.78, 5) is 10.0. The molecule has 3 aromatic heterocycles. The van der Waals surface area contributed by atoms with Crippen LogP contribution in [0.15, 0.2) is 61.1 Å². The number of nitrogens with zero attached hydrogens (tertiary/aromatic N) is 6. The van der Waals surface area contributed by atoms with E-state index in [1.54, 1.807) is 25.7 Å². The number of tetrazole rings is 1. The number of methoxy groups -OCH3 is 1. The minimum Gasteiger partial charge on any atom is -0.496 e. The standard InChI is InChI=1S/C19H16N6O/c1-13-6-7-18(26-2)16(9-13)14-10-15(12-20-11-14)25-23-19(22-24-25)17-5-3-4-8-21-17/h3-12H,1-2H3. The third-order valence-electron chi connectivity index (χ3n) is 3.93. The fourth-order valence-electron chi connectivity index (χ4n) is 2.65. The molecule has 0 N–H and O–H groups in total. The SMILES string of the molecule is COc1ccc(C)cc1-c1cncc(-n2nnc(-c3ccccn3)n2)c1. The van der Waals surface area contributed by atoms with Crippen LogP contribution in [0.3, 0.4) is 0 Å². The summed E-state index contributed by atoms with van der Waals surface area (Å²) in [7, 11) is 1.66. The number of aromatic nitrogens is 6. The van der Waals surface area contributed by atoms with Gasteiger partial charge in [0.25, 0.3) is 0 Å². The lowest BCUT2D eigenvalue weighted by atomic mass is 10.0. The molecule has 0 unspecified atom stereocenters. The Kier molecular flexibility index (Phi) is 4.10. The van der Waals surface area contributed by atoms with Gasteiger partial charge in [-0.25, -0.2) is 0 Å². The van der Waals surface area contributed by atoms with Gasteiger partial charge < -0.3 is 4.74 Å². The largest absolute Gasteiger partial charge is 0.496 e. The maximum Gasteiger partial charge on any atom is 0.223 e. The van der Waals surface area contributed by atoms with E-state index in [4.69, 9.17) is 4.74 Å². The molecule has 26 heavy (non-hydrogen) atoms. The van der Waals surface area contributed by atoms with Crippen molar-refractivity contribution in [2.75, 3.05) is 7.11 Å². The summed E-state index contributed by atoms with van der Waals surface area (Å²) < 4.78 is 5.48. The Hall–Kier alpha value is -3.61. The number of pyridine rings is 2.